The van der Waals surface area contributed by atoms with Crippen molar-refractivity contribution >= 4 is 39.2 Å². The fourth-order valence-electron chi connectivity index (χ4n) is 3.79. The molecule has 0 spiro atoms. The number of amides is 2. The third kappa shape index (κ3) is 5.20. The SMILES string of the molecule is CC(=O)NC[C@H]1CN(S(=O)(=O)c2c(C)nc3ncccn23)c2cc(NC(=O)OC(C)(C)C)ccc2O1. The Hall–Kier alpha value is -3.87. The molecule has 0 fully saturated rings. The normalized spacial score (nSPS) is 15.7. The average molecular weight is 517 g/mol. The molecule has 1 aliphatic rings. The van der Waals surface area contributed by atoms with E-state index in [2.05, 4.69) is 20.6 Å². The van der Waals surface area contributed by atoms with Crippen LogP contribution in [0.15, 0.2) is 41.7 Å². The second-order valence-electron chi connectivity index (χ2n) is 9.31. The molecule has 4 rings (SSSR count). The van der Waals surface area contributed by atoms with Crippen LogP contribution < -0.4 is 19.7 Å². The molecule has 0 radical (unpaired) electrons. The van der Waals surface area contributed by atoms with Crippen LogP contribution >= 0.6 is 0 Å². The number of hydrogen-bond donors (Lipinski definition) is 2. The Bertz CT molecular complexity index is 1430. The van der Waals surface area contributed by atoms with Gasteiger partial charge in [0.15, 0.2) is 5.03 Å². The summed E-state index contributed by atoms with van der Waals surface area (Å²) in [5, 5.41) is 5.25. The molecule has 2 N–H and O–H groups in total. The Labute approximate surface area is 208 Å². The van der Waals surface area contributed by atoms with E-state index in [9.17, 15) is 18.0 Å². The van der Waals surface area contributed by atoms with Crippen molar-refractivity contribution in [2.75, 3.05) is 22.7 Å². The highest BCUT2D eigenvalue weighted by atomic mass is 32.2. The van der Waals surface area contributed by atoms with Crippen molar-refractivity contribution in [3.63, 3.8) is 0 Å². The number of hydrogen-bond acceptors (Lipinski definition) is 8. The van der Waals surface area contributed by atoms with E-state index in [1.165, 1.54) is 27.9 Å². The smallest absolute Gasteiger partial charge is 0.412 e. The van der Waals surface area contributed by atoms with Gasteiger partial charge >= 0.3 is 6.09 Å². The van der Waals surface area contributed by atoms with E-state index in [-0.39, 0.29) is 46.9 Å². The van der Waals surface area contributed by atoms with Crippen molar-refractivity contribution in [1.82, 2.24) is 19.7 Å². The number of aromatic nitrogens is 3. The van der Waals surface area contributed by atoms with E-state index < -0.39 is 27.8 Å². The van der Waals surface area contributed by atoms with Gasteiger partial charge in [0.25, 0.3) is 10.0 Å². The van der Waals surface area contributed by atoms with Crippen LogP contribution in [0.3, 0.4) is 0 Å². The molecule has 0 bridgehead atoms. The number of benzene rings is 1. The zero-order valence-electron chi connectivity index (χ0n) is 20.6. The quantitative estimate of drug-likeness (QED) is 0.526. The van der Waals surface area contributed by atoms with Crippen molar-refractivity contribution < 1.29 is 27.5 Å². The number of anilines is 2. The molecule has 192 valence electrons. The van der Waals surface area contributed by atoms with Gasteiger partial charge in [-0.1, -0.05) is 0 Å². The molecule has 36 heavy (non-hydrogen) atoms. The van der Waals surface area contributed by atoms with Gasteiger partial charge in [0.2, 0.25) is 11.7 Å². The predicted octanol–water partition coefficient (Wildman–Crippen LogP) is 2.48. The number of aryl methyl sites for hydroxylation is 1. The highest BCUT2D eigenvalue weighted by Crippen LogP contribution is 2.39. The van der Waals surface area contributed by atoms with Crippen LogP contribution in [-0.4, -0.2) is 59.6 Å². The monoisotopic (exact) mass is 516 g/mol. The van der Waals surface area contributed by atoms with Gasteiger partial charge in [-0.05, 0) is 52.0 Å². The van der Waals surface area contributed by atoms with Crippen LogP contribution in [-0.2, 0) is 19.6 Å². The summed E-state index contributed by atoms with van der Waals surface area (Å²) in [4.78, 5) is 32.2. The van der Waals surface area contributed by atoms with Crippen LogP contribution in [0.5, 0.6) is 5.75 Å². The summed E-state index contributed by atoms with van der Waals surface area (Å²) >= 11 is 0. The molecule has 3 heterocycles. The molecule has 0 aliphatic carbocycles. The highest BCUT2D eigenvalue weighted by molar-refractivity contribution is 7.92. The Balaban J connectivity index is 1.77. The topological polar surface area (TPSA) is 144 Å². The standard InChI is InChI=1S/C23H28N6O6S/c1-14-20(28-10-6-9-24-21(28)26-14)36(32,33)29-13-17(12-25-15(2)30)34-19-8-7-16(11-18(19)29)27-22(31)35-23(3,4)5/h6-11,17H,12-13H2,1-5H3,(H,25,30)(H,27,31)/t17-/m0/s1. The van der Waals surface area contributed by atoms with Crippen molar-refractivity contribution in [2.24, 2.45) is 0 Å². The molecular formula is C23H28N6O6S. The number of ether oxygens (including phenoxy) is 2. The first-order valence-electron chi connectivity index (χ1n) is 11.2. The fraction of sp³-hybridized carbons (Fsp3) is 0.391. The van der Waals surface area contributed by atoms with Gasteiger partial charge in [-0.25, -0.2) is 14.8 Å². The van der Waals surface area contributed by atoms with Crippen LogP contribution in [0.2, 0.25) is 0 Å². The number of imidazole rings is 1. The molecule has 2 amide bonds. The van der Waals surface area contributed by atoms with Gasteiger partial charge in [-0.15, -0.1) is 0 Å². The van der Waals surface area contributed by atoms with Crippen LogP contribution in [0, 0.1) is 6.92 Å². The number of carbonyl (C=O) groups excluding carboxylic acids is 2. The lowest BCUT2D eigenvalue weighted by molar-refractivity contribution is -0.119. The summed E-state index contributed by atoms with van der Waals surface area (Å²) in [6.45, 7) is 8.20. The summed E-state index contributed by atoms with van der Waals surface area (Å²) in [5.41, 5.74) is 0.121. The molecule has 0 saturated carbocycles. The van der Waals surface area contributed by atoms with E-state index in [0.717, 1.165) is 0 Å². The maximum absolute atomic E-state index is 14.0. The zero-order valence-corrected chi connectivity index (χ0v) is 21.4. The Morgan fingerprint density at radius 1 is 1.28 bits per heavy atom. The minimum absolute atomic E-state index is 0.0396. The van der Waals surface area contributed by atoms with Crippen LogP contribution in [0.4, 0.5) is 16.2 Å². The molecule has 1 aliphatic heterocycles. The summed E-state index contributed by atoms with van der Waals surface area (Å²) < 4.78 is 42.0. The number of rotatable bonds is 5. The average Bonchev–Trinajstić information content (AvgIpc) is 3.12. The number of fused-ring (bicyclic) bond motifs is 2. The number of nitrogens with zero attached hydrogens (tertiary/aromatic N) is 4. The van der Waals surface area contributed by atoms with Crippen molar-refractivity contribution in [1.29, 1.82) is 0 Å². The third-order valence-electron chi connectivity index (χ3n) is 5.17. The first kappa shape index (κ1) is 25.2. The minimum atomic E-state index is -4.18. The third-order valence-corrected chi connectivity index (χ3v) is 7.08. The maximum atomic E-state index is 14.0. The Morgan fingerprint density at radius 3 is 2.72 bits per heavy atom. The summed E-state index contributed by atoms with van der Waals surface area (Å²) in [6.07, 6.45) is 1.77. The molecule has 13 heteroatoms. The largest absolute Gasteiger partial charge is 0.484 e. The van der Waals surface area contributed by atoms with Gasteiger partial charge in [-0.2, -0.15) is 8.42 Å². The van der Waals surface area contributed by atoms with Crippen molar-refractivity contribution in [2.45, 2.75) is 51.3 Å². The summed E-state index contributed by atoms with van der Waals surface area (Å²) in [7, 11) is -4.18. The van der Waals surface area contributed by atoms with Gasteiger partial charge in [0.1, 0.15) is 17.5 Å². The lowest BCUT2D eigenvalue weighted by atomic mass is 10.2. The second-order valence-corrected chi connectivity index (χ2v) is 11.1. The molecule has 3 aromatic rings. The maximum Gasteiger partial charge on any atom is 0.412 e. The zero-order chi connectivity index (χ0) is 26.3. The van der Waals surface area contributed by atoms with E-state index in [0.29, 0.717) is 5.69 Å². The van der Waals surface area contributed by atoms with Gasteiger partial charge in [0.05, 0.1) is 24.5 Å². The minimum Gasteiger partial charge on any atom is -0.484 e. The predicted molar refractivity (Wildman–Crippen MR) is 132 cm³/mol. The van der Waals surface area contributed by atoms with Gasteiger partial charge in [0, 0.05) is 25.0 Å². The molecule has 2 aromatic heterocycles. The molecule has 1 atom stereocenters. The lowest BCUT2D eigenvalue weighted by Gasteiger charge is -2.35. The van der Waals surface area contributed by atoms with Crippen molar-refractivity contribution in [3.05, 3.63) is 42.4 Å². The summed E-state index contributed by atoms with van der Waals surface area (Å²) in [5.74, 6) is 0.260. The van der Waals surface area contributed by atoms with Crippen LogP contribution in [0.1, 0.15) is 33.4 Å². The van der Waals surface area contributed by atoms with E-state index in [1.807, 2.05) is 0 Å². The number of sulfonamides is 1. The summed E-state index contributed by atoms with van der Waals surface area (Å²) in [6, 6.07) is 6.26. The second kappa shape index (κ2) is 9.30. The van der Waals surface area contributed by atoms with Crippen molar-refractivity contribution in [3.8, 4) is 5.75 Å². The molecular weight excluding hydrogens is 488 g/mol. The van der Waals surface area contributed by atoms with Crippen LogP contribution in [0.25, 0.3) is 5.78 Å². The molecule has 0 unspecified atom stereocenters. The fourth-order valence-corrected chi connectivity index (χ4v) is 5.58. The first-order valence-corrected chi connectivity index (χ1v) is 12.7. The molecule has 0 saturated heterocycles. The molecule has 12 nitrogen and oxygen atoms in total. The Morgan fingerprint density at radius 2 is 2.03 bits per heavy atom. The van der Waals surface area contributed by atoms with Gasteiger partial charge in [-0.3, -0.25) is 18.8 Å². The van der Waals surface area contributed by atoms with E-state index in [4.69, 9.17) is 9.47 Å². The Kier molecular flexibility index (Phi) is 6.52. The highest BCUT2D eigenvalue weighted by Gasteiger charge is 2.38. The number of nitrogens with one attached hydrogen (secondary N) is 2. The van der Waals surface area contributed by atoms with E-state index in [1.54, 1.807) is 52.1 Å². The molecule has 1 aromatic carbocycles. The lowest BCUT2D eigenvalue weighted by Crippen LogP contribution is -2.48. The van der Waals surface area contributed by atoms with Gasteiger partial charge < -0.3 is 14.8 Å². The number of carbonyl (C=O) groups is 2. The van der Waals surface area contributed by atoms with E-state index >= 15 is 0 Å². The first-order chi connectivity index (χ1) is 16.8.